The van der Waals surface area contributed by atoms with Gasteiger partial charge in [-0.25, -0.2) is 12.8 Å². The Bertz CT molecular complexity index is 1240. The summed E-state index contributed by atoms with van der Waals surface area (Å²) < 4.78 is 41.2. The lowest BCUT2D eigenvalue weighted by molar-refractivity contribution is 0.0789. The molecule has 0 N–H and O–H groups in total. The quantitative estimate of drug-likeness (QED) is 0.615. The number of hydrogen-bond donors (Lipinski definition) is 0. The van der Waals surface area contributed by atoms with Crippen LogP contribution in [0.3, 0.4) is 0 Å². The van der Waals surface area contributed by atoms with E-state index in [2.05, 4.69) is 4.98 Å². The molecule has 0 saturated carbocycles. The average Bonchev–Trinajstić information content (AvgIpc) is 3.23. The second-order valence-electron chi connectivity index (χ2n) is 7.08. The molecule has 5 nitrogen and oxygen atoms in total. The van der Waals surface area contributed by atoms with Crippen molar-refractivity contribution in [2.45, 2.75) is 29.6 Å². The first-order chi connectivity index (χ1) is 13.8. The molecule has 1 aliphatic rings. The number of rotatable bonds is 3. The lowest BCUT2D eigenvalue weighted by Gasteiger charge is -2.19. The van der Waals surface area contributed by atoms with Crippen molar-refractivity contribution >= 4 is 38.2 Å². The van der Waals surface area contributed by atoms with Gasteiger partial charge in [0.05, 0.1) is 20.9 Å². The number of nitrogens with zero attached hydrogens (tertiary/aromatic N) is 2. The minimum absolute atomic E-state index is 0.0540. The van der Waals surface area contributed by atoms with Gasteiger partial charge in [0.15, 0.2) is 0 Å². The molecule has 0 bridgehead atoms. The van der Waals surface area contributed by atoms with E-state index >= 15 is 0 Å². The molecule has 8 heteroatoms. The molecule has 0 atom stereocenters. The van der Waals surface area contributed by atoms with Crippen LogP contribution in [0.25, 0.3) is 10.9 Å². The number of hydrogen-bond acceptors (Lipinski definition) is 4. The normalized spacial score (nSPS) is 14.5. The van der Waals surface area contributed by atoms with Gasteiger partial charge in [-0.15, -0.1) is 0 Å². The fraction of sp³-hybridized carbons (Fsp3) is 0.238. The molecular formula is C21H18ClFN2O3S. The maximum absolute atomic E-state index is 14.0. The number of amides is 1. The van der Waals surface area contributed by atoms with Gasteiger partial charge in [-0.3, -0.25) is 9.78 Å². The van der Waals surface area contributed by atoms with Crippen LogP contribution in [0.1, 0.15) is 28.8 Å². The van der Waals surface area contributed by atoms with Crippen LogP contribution in [0, 0.1) is 12.7 Å². The Labute approximate surface area is 173 Å². The highest BCUT2D eigenvalue weighted by atomic mass is 35.5. The Morgan fingerprint density at radius 3 is 2.55 bits per heavy atom. The molecule has 150 valence electrons. The van der Waals surface area contributed by atoms with Gasteiger partial charge in [-0.2, -0.15) is 0 Å². The Balaban J connectivity index is 2.01. The zero-order valence-electron chi connectivity index (χ0n) is 15.7. The van der Waals surface area contributed by atoms with Gasteiger partial charge >= 0.3 is 0 Å². The summed E-state index contributed by atoms with van der Waals surface area (Å²) in [6.07, 6.45) is 2.98. The Morgan fingerprint density at radius 2 is 1.86 bits per heavy atom. The summed E-state index contributed by atoms with van der Waals surface area (Å²) >= 11 is 6.14. The molecule has 3 aromatic rings. The molecule has 1 aromatic heterocycles. The van der Waals surface area contributed by atoms with E-state index in [1.54, 1.807) is 17.9 Å². The molecule has 0 aliphatic carbocycles. The van der Waals surface area contributed by atoms with Crippen LogP contribution in [0.4, 0.5) is 4.39 Å². The summed E-state index contributed by atoms with van der Waals surface area (Å²) in [7, 11) is -4.17. The van der Waals surface area contributed by atoms with Crippen LogP contribution in [0.5, 0.6) is 0 Å². The van der Waals surface area contributed by atoms with Crippen molar-refractivity contribution in [3.8, 4) is 0 Å². The Morgan fingerprint density at radius 1 is 1.14 bits per heavy atom. The molecule has 4 rings (SSSR count). The van der Waals surface area contributed by atoms with E-state index in [9.17, 15) is 17.6 Å². The largest absolute Gasteiger partial charge is 0.339 e. The molecule has 1 amide bonds. The smallest absolute Gasteiger partial charge is 0.256 e. The zero-order valence-corrected chi connectivity index (χ0v) is 17.2. The summed E-state index contributed by atoms with van der Waals surface area (Å²) in [5, 5.41) is 0.370. The van der Waals surface area contributed by atoms with Gasteiger partial charge < -0.3 is 4.90 Å². The fourth-order valence-corrected chi connectivity index (χ4v) is 5.42. The van der Waals surface area contributed by atoms with Crippen LogP contribution in [0.15, 0.2) is 52.4 Å². The zero-order chi connectivity index (χ0) is 20.8. The number of pyridine rings is 1. The summed E-state index contributed by atoms with van der Waals surface area (Å²) in [6.45, 7) is 2.87. The number of likely N-dealkylation sites (tertiary alicyclic amines) is 1. The van der Waals surface area contributed by atoms with Gasteiger partial charge in [-0.1, -0.05) is 17.7 Å². The number of benzene rings is 2. The number of carbonyl (C=O) groups excluding carboxylic acids is 1. The molecular weight excluding hydrogens is 415 g/mol. The summed E-state index contributed by atoms with van der Waals surface area (Å²) in [6, 6.07) is 8.09. The van der Waals surface area contributed by atoms with E-state index in [-0.39, 0.29) is 20.7 Å². The van der Waals surface area contributed by atoms with Crippen molar-refractivity contribution < 1.29 is 17.6 Å². The first kappa shape index (κ1) is 19.8. The molecule has 1 fully saturated rings. The van der Waals surface area contributed by atoms with Crippen molar-refractivity contribution in [3.63, 3.8) is 0 Å². The van der Waals surface area contributed by atoms with Crippen LogP contribution in [0.2, 0.25) is 5.02 Å². The highest BCUT2D eigenvalue weighted by molar-refractivity contribution is 7.91. The van der Waals surface area contributed by atoms with Crippen molar-refractivity contribution in [3.05, 3.63) is 64.6 Å². The van der Waals surface area contributed by atoms with Crippen LogP contribution in [-0.4, -0.2) is 37.3 Å². The predicted octanol–water partition coefficient (Wildman–Crippen LogP) is 4.40. The molecule has 2 heterocycles. The van der Waals surface area contributed by atoms with Gasteiger partial charge in [-0.05, 0) is 55.7 Å². The highest BCUT2D eigenvalue weighted by Crippen LogP contribution is 2.33. The third-order valence-electron chi connectivity index (χ3n) is 5.13. The third kappa shape index (κ3) is 3.49. The Hall–Kier alpha value is -2.51. The minimum atomic E-state index is -4.17. The lowest BCUT2D eigenvalue weighted by Crippen LogP contribution is -2.29. The second kappa shape index (κ2) is 7.39. The molecule has 0 radical (unpaired) electrons. The number of sulfone groups is 1. The number of halogens is 2. The number of carbonyl (C=O) groups is 1. The monoisotopic (exact) mass is 432 g/mol. The predicted molar refractivity (Wildman–Crippen MR) is 108 cm³/mol. The first-order valence-corrected chi connectivity index (χ1v) is 11.0. The Kier molecular flexibility index (Phi) is 5.04. The maximum Gasteiger partial charge on any atom is 0.256 e. The van der Waals surface area contributed by atoms with Gasteiger partial charge in [0.25, 0.3) is 5.91 Å². The van der Waals surface area contributed by atoms with Crippen LogP contribution >= 0.6 is 11.6 Å². The van der Waals surface area contributed by atoms with E-state index in [0.717, 1.165) is 24.5 Å². The van der Waals surface area contributed by atoms with Crippen LogP contribution in [-0.2, 0) is 9.84 Å². The highest BCUT2D eigenvalue weighted by Gasteiger charge is 2.31. The molecule has 1 saturated heterocycles. The second-order valence-corrected chi connectivity index (χ2v) is 9.37. The third-order valence-corrected chi connectivity index (χ3v) is 7.39. The number of aryl methyl sites for hydroxylation is 1. The molecule has 29 heavy (non-hydrogen) atoms. The van der Waals surface area contributed by atoms with Gasteiger partial charge in [0, 0.05) is 29.7 Å². The van der Waals surface area contributed by atoms with Gasteiger partial charge in [0.1, 0.15) is 5.82 Å². The van der Waals surface area contributed by atoms with E-state index in [1.807, 2.05) is 0 Å². The maximum atomic E-state index is 14.0. The molecule has 0 unspecified atom stereocenters. The summed E-state index contributed by atoms with van der Waals surface area (Å²) in [4.78, 5) is 18.6. The van der Waals surface area contributed by atoms with E-state index < -0.39 is 21.6 Å². The lowest BCUT2D eigenvalue weighted by atomic mass is 10.1. The number of fused-ring (bicyclic) bond motifs is 1. The van der Waals surface area contributed by atoms with Crippen LogP contribution < -0.4 is 0 Å². The number of aromatic nitrogens is 1. The topological polar surface area (TPSA) is 67.3 Å². The van der Waals surface area contributed by atoms with Crippen molar-refractivity contribution in [1.82, 2.24) is 9.88 Å². The average molecular weight is 433 g/mol. The first-order valence-electron chi connectivity index (χ1n) is 9.18. The van der Waals surface area contributed by atoms with E-state index in [4.69, 9.17) is 11.6 Å². The minimum Gasteiger partial charge on any atom is -0.339 e. The van der Waals surface area contributed by atoms with Crippen molar-refractivity contribution in [2.24, 2.45) is 0 Å². The van der Waals surface area contributed by atoms with E-state index in [1.165, 1.54) is 30.5 Å². The SMILES string of the molecule is Cc1ccc(S(=O)(=O)c2c(C(=O)N3CCCC3)cnc3ccc(F)cc23)cc1Cl. The standard InChI is InChI=1S/C21H18ClFN2O3S/c1-13-4-6-15(11-18(13)22)29(27,28)20-16-10-14(23)5-7-19(16)24-12-17(20)21(26)25-8-2-3-9-25/h4-7,10-12H,2-3,8-9H2,1H3. The summed E-state index contributed by atoms with van der Waals surface area (Å²) in [5.74, 6) is -1.03. The van der Waals surface area contributed by atoms with Crippen molar-refractivity contribution in [1.29, 1.82) is 0 Å². The summed E-state index contributed by atoms with van der Waals surface area (Å²) in [5.41, 5.74) is 0.965. The molecule has 1 aliphatic heterocycles. The van der Waals surface area contributed by atoms with Crippen molar-refractivity contribution in [2.75, 3.05) is 13.1 Å². The fourth-order valence-electron chi connectivity index (χ4n) is 3.53. The molecule has 0 spiro atoms. The molecule has 2 aromatic carbocycles. The van der Waals surface area contributed by atoms with Gasteiger partial charge in [0.2, 0.25) is 9.84 Å². The van der Waals surface area contributed by atoms with E-state index in [0.29, 0.717) is 23.6 Å².